The van der Waals surface area contributed by atoms with Gasteiger partial charge in [0.1, 0.15) is 11.6 Å². The largest absolute Gasteiger partial charge is 0.394 e. The maximum Gasteiger partial charge on any atom is 0.255 e. The molecule has 8 heteroatoms. The second-order valence-electron chi connectivity index (χ2n) is 7.21. The lowest BCUT2D eigenvalue weighted by Crippen LogP contribution is -2.39. The van der Waals surface area contributed by atoms with Gasteiger partial charge in [0.25, 0.3) is 5.91 Å². The number of hydrogen-bond acceptors (Lipinski definition) is 4. The minimum Gasteiger partial charge on any atom is -0.394 e. The van der Waals surface area contributed by atoms with Gasteiger partial charge in [-0.3, -0.25) is 14.9 Å². The lowest BCUT2D eigenvalue weighted by atomic mass is 10.0. The van der Waals surface area contributed by atoms with Gasteiger partial charge in [-0.25, -0.2) is 8.78 Å². The molecule has 1 amide bonds. The smallest absolute Gasteiger partial charge is 0.255 e. The number of carbonyl (C=O) groups excluding carboxylic acids is 1. The highest BCUT2D eigenvalue weighted by Gasteiger charge is 2.22. The summed E-state index contributed by atoms with van der Waals surface area (Å²) in [6, 6.07) is 16.5. The van der Waals surface area contributed by atoms with E-state index < -0.39 is 17.8 Å². The molecule has 0 aliphatic heterocycles. The summed E-state index contributed by atoms with van der Waals surface area (Å²) >= 11 is 0. The lowest BCUT2D eigenvalue weighted by Gasteiger charge is -2.17. The third-order valence-corrected chi connectivity index (χ3v) is 4.99. The highest BCUT2D eigenvalue weighted by molar-refractivity contribution is 6.01. The first-order valence-electron chi connectivity index (χ1n) is 9.97. The van der Waals surface area contributed by atoms with Crippen LogP contribution in [-0.4, -0.2) is 38.8 Å². The average molecular weight is 434 g/mol. The summed E-state index contributed by atoms with van der Waals surface area (Å²) in [5, 5.41) is 19.4. The Hall–Kier alpha value is -3.91. The van der Waals surface area contributed by atoms with Crippen LogP contribution in [0.5, 0.6) is 0 Å². The van der Waals surface area contributed by atoms with Gasteiger partial charge in [-0.15, -0.1) is 0 Å². The zero-order valence-electron chi connectivity index (χ0n) is 16.9. The van der Waals surface area contributed by atoms with Crippen LogP contribution in [0.1, 0.15) is 16.1 Å². The Morgan fingerprint density at radius 3 is 2.59 bits per heavy atom. The Morgan fingerprint density at radius 2 is 1.88 bits per heavy atom. The normalized spacial score (nSPS) is 11.8. The predicted molar refractivity (Wildman–Crippen MR) is 116 cm³/mol. The molecule has 2 heterocycles. The molecule has 1 atom stereocenters. The molecule has 0 unspecified atom stereocenters. The van der Waals surface area contributed by atoms with E-state index in [0.29, 0.717) is 34.6 Å². The first kappa shape index (κ1) is 21.3. The van der Waals surface area contributed by atoms with Crippen molar-refractivity contribution in [2.75, 3.05) is 6.61 Å². The van der Waals surface area contributed by atoms with Crippen LogP contribution in [0.3, 0.4) is 0 Å². The van der Waals surface area contributed by atoms with Gasteiger partial charge in [-0.2, -0.15) is 5.10 Å². The molecule has 0 aliphatic carbocycles. The number of amides is 1. The first-order valence-corrected chi connectivity index (χ1v) is 9.97. The van der Waals surface area contributed by atoms with Gasteiger partial charge < -0.3 is 10.4 Å². The molecular weight excluding hydrogens is 414 g/mol. The van der Waals surface area contributed by atoms with Crippen LogP contribution in [-0.2, 0) is 6.42 Å². The van der Waals surface area contributed by atoms with Gasteiger partial charge in [-0.05, 0) is 48.5 Å². The highest BCUT2D eigenvalue weighted by atomic mass is 19.1. The van der Waals surface area contributed by atoms with Crippen molar-refractivity contribution < 1.29 is 18.7 Å². The predicted octanol–water partition coefficient (Wildman–Crippen LogP) is 3.75. The van der Waals surface area contributed by atoms with Crippen LogP contribution in [0, 0.1) is 11.6 Å². The molecule has 0 spiro atoms. The van der Waals surface area contributed by atoms with Crippen molar-refractivity contribution in [1.29, 1.82) is 0 Å². The molecule has 0 aliphatic rings. The number of pyridine rings is 1. The summed E-state index contributed by atoms with van der Waals surface area (Å²) in [6.07, 6.45) is 1.92. The molecule has 4 aromatic rings. The number of aliphatic hydroxyl groups excluding tert-OH is 1. The van der Waals surface area contributed by atoms with Crippen LogP contribution in [0.4, 0.5) is 8.78 Å². The number of aliphatic hydroxyl groups is 1. The number of rotatable bonds is 7. The Bertz CT molecular complexity index is 1210. The molecule has 0 radical (unpaired) electrons. The fourth-order valence-corrected chi connectivity index (χ4v) is 3.40. The van der Waals surface area contributed by atoms with E-state index in [1.807, 2.05) is 6.07 Å². The maximum atomic E-state index is 14.7. The first-order chi connectivity index (χ1) is 15.5. The number of H-pyrrole nitrogens is 1. The van der Waals surface area contributed by atoms with E-state index in [1.165, 1.54) is 24.3 Å². The summed E-state index contributed by atoms with van der Waals surface area (Å²) < 4.78 is 27.9. The van der Waals surface area contributed by atoms with Gasteiger partial charge in [-0.1, -0.05) is 18.2 Å². The number of carbonyl (C=O) groups is 1. The van der Waals surface area contributed by atoms with Crippen LogP contribution in [0.15, 0.2) is 72.9 Å². The molecule has 3 N–H and O–H groups in total. The maximum absolute atomic E-state index is 14.7. The van der Waals surface area contributed by atoms with E-state index in [4.69, 9.17) is 0 Å². The van der Waals surface area contributed by atoms with E-state index in [2.05, 4.69) is 20.5 Å². The van der Waals surface area contributed by atoms with Gasteiger partial charge in [0, 0.05) is 29.4 Å². The van der Waals surface area contributed by atoms with E-state index in [1.54, 1.807) is 42.6 Å². The van der Waals surface area contributed by atoms with E-state index in [-0.39, 0.29) is 18.0 Å². The zero-order valence-corrected chi connectivity index (χ0v) is 16.9. The van der Waals surface area contributed by atoms with Crippen molar-refractivity contribution in [1.82, 2.24) is 20.5 Å². The topological polar surface area (TPSA) is 90.9 Å². The quantitative estimate of drug-likeness (QED) is 0.413. The molecule has 162 valence electrons. The third-order valence-electron chi connectivity index (χ3n) is 4.99. The second-order valence-corrected chi connectivity index (χ2v) is 7.21. The molecule has 6 nitrogen and oxygen atoms in total. The molecule has 2 aromatic carbocycles. The van der Waals surface area contributed by atoms with Gasteiger partial charge in [0.2, 0.25) is 0 Å². The SMILES string of the molecule is O=C(N[C@@H](CO)Cc1ccccn1)c1c(F)cccc1-c1cc(-c2ccc(F)cc2)n[nH]1. The molecular formula is C24H20F2N4O2. The average Bonchev–Trinajstić information content (AvgIpc) is 3.29. The lowest BCUT2D eigenvalue weighted by molar-refractivity contribution is 0.0913. The summed E-state index contributed by atoms with van der Waals surface area (Å²) in [5.41, 5.74) is 2.47. The number of nitrogens with one attached hydrogen (secondary N) is 2. The van der Waals surface area contributed by atoms with Gasteiger partial charge >= 0.3 is 0 Å². The zero-order chi connectivity index (χ0) is 22.5. The number of aromatic amines is 1. The molecule has 0 bridgehead atoms. The Labute approximate surface area is 183 Å². The highest BCUT2D eigenvalue weighted by Crippen LogP contribution is 2.28. The van der Waals surface area contributed by atoms with Crippen LogP contribution in [0.25, 0.3) is 22.5 Å². The second kappa shape index (κ2) is 9.49. The number of benzene rings is 2. The monoisotopic (exact) mass is 434 g/mol. The van der Waals surface area contributed by atoms with Crippen LogP contribution >= 0.6 is 0 Å². The summed E-state index contributed by atoms with van der Waals surface area (Å²) in [5.74, 6) is -1.73. The fraction of sp³-hybridized carbons (Fsp3) is 0.125. The molecule has 2 aromatic heterocycles. The summed E-state index contributed by atoms with van der Waals surface area (Å²) in [7, 11) is 0. The van der Waals surface area contributed by atoms with Crippen molar-refractivity contribution in [3.05, 3.63) is 95.8 Å². The summed E-state index contributed by atoms with van der Waals surface area (Å²) in [4.78, 5) is 17.2. The molecule has 0 fully saturated rings. The van der Waals surface area contributed by atoms with Gasteiger partial charge in [0.05, 0.1) is 29.6 Å². The molecule has 4 rings (SSSR count). The molecule has 32 heavy (non-hydrogen) atoms. The number of hydrogen-bond donors (Lipinski definition) is 3. The Kier molecular flexibility index (Phi) is 6.32. The van der Waals surface area contributed by atoms with Crippen molar-refractivity contribution in [3.8, 4) is 22.5 Å². The molecule has 0 saturated heterocycles. The number of halogens is 2. The van der Waals surface area contributed by atoms with E-state index >= 15 is 0 Å². The van der Waals surface area contributed by atoms with E-state index in [0.717, 1.165) is 0 Å². The minimum absolute atomic E-state index is 0.165. The van der Waals surface area contributed by atoms with Crippen molar-refractivity contribution >= 4 is 5.91 Å². The van der Waals surface area contributed by atoms with E-state index in [9.17, 15) is 18.7 Å². The van der Waals surface area contributed by atoms with Crippen molar-refractivity contribution in [3.63, 3.8) is 0 Å². The van der Waals surface area contributed by atoms with Crippen LogP contribution in [0.2, 0.25) is 0 Å². The Morgan fingerprint density at radius 1 is 1.06 bits per heavy atom. The molecule has 0 saturated carbocycles. The standard InChI is InChI=1S/C24H20F2N4O2/c25-16-9-7-15(8-10-16)21-13-22(30-29-21)19-5-3-6-20(26)23(19)24(32)28-18(14-31)12-17-4-1-2-11-27-17/h1-11,13,18,31H,12,14H2,(H,28,32)(H,29,30)/t18-/m1/s1. The van der Waals surface area contributed by atoms with Crippen molar-refractivity contribution in [2.24, 2.45) is 0 Å². The third kappa shape index (κ3) is 4.70. The van der Waals surface area contributed by atoms with Crippen molar-refractivity contribution in [2.45, 2.75) is 12.5 Å². The minimum atomic E-state index is -0.701. The fourth-order valence-electron chi connectivity index (χ4n) is 3.40. The number of aromatic nitrogens is 3. The summed E-state index contributed by atoms with van der Waals surface area (Å²) in [6.45, 7) is -0.328. The number of nitrogens with zero attached hydrogens (tertiary/aromatic N) is 2. The Balaban J connectivity index is 1.60. The van der Waals surface area contributed by atoms with Crippen LogP contribution < -0.4 is 5.32 Å². The van der Waals surface area contributed by atoms with Gasteiger partial charge in [0.15, 0.2) is 0 Å².